The molecule has 6 rings (SSSR count). The van der Waals surface area contributed by atoms with Crippen molar-refractivity contribution in [2.45, 2.75) is 272 Å². The quantitative estimate of drug-likeness (QED) is 0.0562. The molecule has 0 aliphatic heterocycles. The van der Waals surface area contributed by atoms with Gasteiger partial charge in [-0.2, -0.15) is 0 Å². The van der Waals surface area contributed by atoms with Gasteiger partial charge in [-0.25, -0.2) is 0 Å². The second-order valence-electron chi connectivity index (χ2n) is 23.6. The fraction of sp³-hybridized carbons (Fsp3) is 0.871. The molecule has 0 aromatic rings. The number of allylic oxidation sites excluding steroid dienone is 4. The van der Waals surface area contributed by atoms with Crippen LogP contribution in [0.25, 0.3) is 0 Å². The molecule has 0 bridgehead atoms. The van der Waals surface area contributed by atoms with Crippen LogP contribution in [0.1, 0.15) is 272 Å². The van der Waals surface area contributed by atoms with Crippen LogP contribution in [-0.2, 0) is 4.74 Å². The Morgan fingerprint density at radius 3 is 1.06 bits per heavy atom. The predicted molar refractivity (Wildman–Crippen MR) is 276 cm³/mol. The Labute approximate surface area is 393 Å². The molecule has 4 fully saturated rings. The van der Waals surface area contributed by atoms with Crippen molar-refractivity contribution in [2.24, 2.45) is 57.2 Å². The molecule has 0 amide bonds. The average Bonchev–Trinajstić information content (AvgIpc) is 3.33. The van der Waals surface area contributed by atoms with Crippen molar-refractivity contribution >= 4 is 0 Å². The molecule has 0 saturated heterocycles. The molecule has 4 saturated carbocycles. The number of unbranched alkanes of at least 4 members (excludes halogenated alkanes) is 12. The lowest BCUT2D eigenvalue weighted by atomic mass is 9.47. The third-order valence-corrected chi connectivity index (χ3v) is 19.6. The Morgan fingerprint density at radius 1 is 0.381 bits per heavy atom. The van der Waals surface area contributed by atoms with Crippen molar-refractivity contribution < 1.29 is 4.74 Å². The van der Waals surface area contributed by atoms with Crippen LogP contribution in [0.3, 0.4) is 0 Å². The lowest BCUT2D eigenvalue weighted by molar-refractivity contribution is -0.0295. The second kappa shape index (κ2) is 27.1. The highest BCUT2D eigenvalue weighted by atomic mass is 16.5. The van der Waals surface area contributed by atoms with Crippen LogP contribution in [0.15, 0.2) is 48.6 Å². The summed E-state index contributed by atoms with van der Waals surface area (Å²) in [6, 6.07) is 0. The molecule has 0 N–H and O–H groups in total. The van der Waals surface area contributed by atoms with E-state index in [0.717, 1.165) is 36.9 Å². The minimum Gasteiger partial charge on any atom is -0.380 e. The van der Waals surface area contributed by atoms with Crippen molar-refractivity contribution in [3.05, 3.63) is 48.6 Å². The zero-order valence-electron chi connectivity index (χ0n) is 42.8. The van der Waals surface area contributed by atoms with Gasteiger partial charge in [-0.05, 0) is 98.7 Å². The monoisotopic (exact) mass is 867 g/mol. The molecule has 1 nitrogen and oxygen atoms in total. The van der Waals surface area contributed by atoms with E-state index in [-0.39, 0.29) is 10.8 Å². The first-order valence-corrected chi connectivity index (χ1v) is 29.3. The van der Waals surface area contributed by atoms with Crippen LogP contribution < -0.4 is 0 Å². The lowest BCUT2D eigenvalue weighted by Crippen LogP contribution is -2.48. The number of ether oxygens (including phenoxy) is 1. The number of hydrogen-bond acceptors (Lipinski definition) is 1. The van der Waals surface area contributed by atoms with Crippen molar-refractivity contribution in [2.75, 3.05) is 13.2 Å². The molecule has 360 valence electrons. The van der Waals surface area contributed by atoms with E-state index in [4.69, 9.17) is 4.74 Å². The largest absolute Gasteiger partial charge is 0.380 e. The zero-order valence-corrected chi connectivity index (χ0v) is 42.8. The summed E-state index contributed by atoms with van der Waals surface area (Å²) in [4.78, 5) is 0. The first-order chi connectivity index (χ1) is 31.0. The van der Waals surface area contributed by atoms with Gasteiger partial charge in [0.1, 0.15) is 0 Å². The van der Waals surface area contributed by atoms with Gasteiger partial charge in [-0.15, -0.1) is 0 Å². The maximum atomic E-state index is 6.75. The Balaban J connectivity index is 1.06. The Morgan fingerprint density at radius 2 is 0.714 bits per heavy atom. The molecule has 0 atom stereocenters. The number of rotatable bonds is 28. The minimum atomic E-state index is 0.245. The van der Waals surface area contributed by atoms with E-state index in [1.165, 1.54) is 244 Å². The first-order valence-electron chi connectivity index (χ1n) is 29.3. The maximum absolute atomic E-state index is 6.75. The molecule has 0 spiro atoms. The van der Waals surface area contributed by atoms with Gasteiger partial charge in [0.2, 0.25) is 0 Å². The average molecular weight is 868 g/mol. The summed E-state index contributed by atoms with van der Waals surface area (Å²) in [6.07, 6.45) is 76.5. The van der Waals surface area contributed by atoms with Crippen LogP contribution in [0, 0.1) is 57.2 Å². The topological polar surface area (TPSA) is 9.23 Å². The van der Waals surface area contributed by atoms with Crippen LogP contribution in [0.5, 0.6) is 0 Å². The highest BCUT2D eigenvalue weighted by Gasteiger charge is 2.55. The van der Waals surface area contributed by atoms with E-state index in [1.54, 1.807) is 0 Å². The summed E-state index contributed by atoms with van der Waals surface area (Å²) in [7, 11) is 0. The van der Waals surface area contributed by atoms with Gasteiger partial charge in [0.15, 0.2) is 0 Å². The number of hydrogen-bond donors (Lipinski definition) is 0. The minimum absolute atomic E-state index is 0.245. The Kier molecular flexibility index (Phi) is 22.0. The smallest absolute Gasteiger partial charge is 0.0563 e. The summed E-state index contributed by atoms with van der Waals surface area (Å²) in [6.45, 7) is 11.1. The molecule has 0 aromatic heterocycles. The van der Waals surface area contributed by atoms with Gasteiger partial charge in [0.25, 0.3) is 0 Å². The van der Waals surface area contributed by atoms with E-state index < -0.39 is 0 Å². The SMILES string of the molecule is CCCCCCCC1CCC(C2(C3(CCCCC)C=CC(COCC4C=CC(CCCCC)(C5(C6CCC(CCCCCCC)CC6)CCCCC5)C=C4)C=C3)CCCCC2)CC1. The van der Waals surface area contributed by atoms with Gasteiger partial charge in [0.05, 0.1) is 13.2 Å². The molecule has 1 heteroatoms. The van der Waals surface area contributed by atoms with Crippen LogP contribution in [0.4, 0.5) is 0 Å². The van der Waals surface area contributed by atoms with Crippen LogP contribution in [0.2, 0.25) is 0 Å². The Bertz CT molecular complexity index is 1200. The highest BCUT2D eigenvalue weighted by Crippen LogP contribution is 2.64. The molecule has 0 heterocycles. The van der Waals surface area contributed by atoms with Gasteiger partial charge in [-0.3, -0.25) is 0 Å². The standard InChI is InChI=1S/C62H106O/c1-5-9-13-15-19-27-53-29-33-57(34-30-53)61(43-23-17-24-44-61)59(41-21-11-7-3)47-37-55(38-48-59)51-63-52-56-39-49-60(50-40-56,42-22-12-8-4)62(45-25-18-26-46-62)58-35-31-54(32-36-58)28-20-16-14-10-6-2/h37-40,47-50,53-58H,5-36,41-46,51-52H2,1-4H3. The molecule has 0 aromatic carbocycles. The molecule has 63 heavy (non-hydrogen) atoms. The molecule has 6 aliphatic rings. The molecular formula is C62H106O. The maximum Gasteiger partial charge on any atom is 0.0563 e. The van der Waals surface area contributed by atoms with E-state index >= 15 is 0 Å². The molecule has 6 aliphatic carbocycles. The van der Waals surface area contributed by atoms with Crippen molar-refractivity contribution in [3.63, 3.8) is 0 Å². The zero-order chi connectivity index (χ0) is 44.1. The highest BCUT2D eigenvalue weighted by molar-refractivity contribution is 5.28. The fourth-order valence-electron chi connectivity index (χ4n) is 15.8. The summed E-state index contributed by atoms with van der Waals surface area (Å²) in [5, 5.41) is 0. The van der Waals surface area contributed by atoms with E-state index in [0.29, 0.717) is 22.7 Å². The van der Waals surface area contributed by atoms with E-state index in [2.05, 4.69) is 76.3 Å². The predicted octanol–water partition coefficient (Wildman–Crippen LogP) is 19.9. The van der Waals surface area contributed by atoms with Gasteiger partial charge in [-0.1, -0.05) is 256 Å². The molecular weight excluding hydrogens is 761 g/mol. The van der Waals surface area contributed by atoms with Crippen LogP contribution in [-0.4, -0.2) is 13.2 Å². The lowest BCUT2D eigenvalue weighted by Gasteiger charge is -2.57. The fourth-order valence-corrected chi connectivity index (χ4v) is 15.8. The summed E-state index contributed by atoms with van der Waals surface area (Å²) in [5.74, 6) is 4.63. The van der Waals surface area contributed by atoms with Crippen molar-refractivity contribution in [1.82, 2.24) is 0 Å². The normalized spacial score (nSPS) is 32.9. The Hall–Kier alpha value is -1.08. The molecule has 0 radical (unpaired) electrons. The van der Waals surface area contributed by atoms with Gasteiger partial charge < -0.3 is 4.74 Å². The van der Waals surface area contributed by atoms with Crippen LogP contribution >= 0.6 is 0 Å². The molecule has 0 unspecified atom stereocenters. The summed E-state index contributed by atoms with van der Waals surface area (Å²) < 4.78 is 6.75. The summed E-state index contributed by atoms with van der Waals surface area (Å²) in [5.41, 5.74) is 1.42. The van der Waals surface area contributed by atoms with Crippen molar-refractivity contribution in [3.8, 4) is 0 Å². The van der Waals surface area contributed by atoms with Crippen molar-refractivity contribution in [1.29, 1.82) is 0 Å². The van der Waals surface area contributed by atoms with Gasteiger partial charge >= 0.3 is 0 Å². The van der Waals surface area contributed by atoms with Gasteiger partial charge in [0, 0.05) is 22.7 Å². The summed E-state index contributed by atoms with van der Waals surface area (Å²) >= 11 is 0. The van der Waals surface area contributed by atoms with E-state index in [9.17, 15) is 0 Å². The second-order valence-corrected chi connectivity index (χ2v) is 23.6. The third-order valence-electron chi connectivity index (χ3n) is 19.6. The third kappa shape index (κ3) is 13.6. The van der Waals surface area contributed by atoms with E-state index in [1.807, 2.05) is 0 Å². The first kappa shape index (κ1) is 51.3.